The van der Waals surface area contributed by atoms with Crippen LogP contribution in [0.1, 0.15) is 30.6 Å². The van der Waals surface area contributed by atoms with E-state index in [1.54, 1.807) is 6.07 Å². The summed E-state index contributed by atoms with van der Waals surface area (Å²) >= 11 is 0. The van der Waals surface area contributed by atoms with Crippen LogP contribution in [-0.2, 0) is 33.4 Å². The molecule has 0 bridgehead atoms. The molecule has 8 nitrogen and oxygen atoms in total. The Morgan fingerprint density at radius 3 is 2.74 bits per heavy atom. The van der Waals surface area contributed by atoms with Crippen molar-refractivity contribution in [3.63, 3.8) is 0 Å². The SMILES string of the molecule is CCCc1noc(CS(=O)(=O)CC(=O)N(C)Cc2ccc(OC)c(F)c2)n1. The van der Waals surface area contributed by atoms with Gasteiger partial charge in [-0.25, -0.2) is 12.8 Å². The van der Waals surface area contributed by atoms with Crippen molar-refractivity contribution in [2.75, 3.05) is 19.9 Å². The fourth-order valence-corrected chi connectivity index (χ4v) is 3.57. The van der Waals surface area contributed by atoms with Gasteiger partial charge in [0.25, 0.3) is 0 Å². The summed E-state index contributed by atoms with van der Waals surface area (Å²) in [5.74, 6) is -1.87. The number of carbonyl (C=O) groups excluding carboxylic acids is 1. The summed E-state index contributed by atoms with van der Waals surface area (Å²) in [4.78, 5) is 17.4. The van der Waals surface area contributed by atoms with Crippen LogP contribution in [0.15, 0.2) is 22.7 Å². The molecule has 148 valence electrons. The van der Waals surface area contributed by atoms with Crippen LogP contribution in [-0.4, -0.2) is 49.3 Å². The van der Waals surface area contributed by atoms with Gasteiger partial charge >= 0.3 is 0 Å². The summed E-state index contributed by atoms with van der Waals surface area (Å²) in [6.07, 6.45) is 1.39. The molecular weight excluding hydrogens is 377 g/mol. The quantitative estimate of drug-likeness (QED) is 0.633. The number of hydrogen-bond acceptors (Lipinski definition) is 7. The highest BCUT2D eigenvalue weighted by atomic mass is 32.2. The predicted octanol–water partition coefficient (Wildman–Crippen LogP) is 1.74. The Kier molecular flexibility index (Phi) is 6.89. The lowest BCUT2D eigenvalue weighted by molar-refractivity contribution is -0.127. The van der Waals surface area contributed by atoms with E-state index in [0.717, 1.165) is 6.42 Å². The van der Waals surface area contributed by atoms with Crippen molar-refractivity contribution in [2.45, 2.75) is 32.1 Å². The Balaban J connectivity index is 1.96. The van der Waals surface area contributed by atoms with Gasteiger partial charge in [0.05, 0.1) is 7.11 Å². The maximum Gasteiger partial charge on any atom is 0.241 e. The zero-order chi connectivity index (χ0) is 20.0. The van der Waals surface area contributed by atoms with Crippen LogP contribution >= 0.6 is 0 Å². The lowest BCUT2D eigenvalue weighted by atomic mass is 10.2. The first-order valence-electron chi connectivity index (χ1n) is 8.32. The largest absolute Gasteiger partial charge is 0.494 e. The van der Waals surface area contributed by atoms with Crippen LogP contribution in [0.2, 0.25) is 0 Å². The third kappa shape index (κ3) is 6.02. The number of amides is 1. The number of halogens is 1. The van der Waals surface area contributed by atoms with Crippen molar-refractivity contribution >= 4 is 15.7 Å². The molecule has 1 aromatic carbocycles. The Morgan fingerprint density at radius 1 is 1.37 bits per heavy atom. The van der Waals surface area contributed by atoms with Crippen LogP contribution in [0, 0.1) is 5.82 Å². The number of ether oxygens (including phenoxy) is 1. The van der Waals surface area contributed by atoms with Crippen LogP contribution in [0.3, 0.4) is 0 Å². The summed E-state index contributed by atoms with van der Waals surface area (Å²) in [5.41, 5.74) is 0.516. The minimum atomic E-state index is -3.77. The second-order valence-corrected chi connectivity index (χ2v) is 8.17. The van der Waals surface area contributed by atoms with Gasteiger partial charge in [0.2, 0.25) is 11.8 Å². The molecule has 27 heavy (non-hydrogen) atoms. The lowest BCUT2D eigenvalue weighted by Crippen LogP contribution is -2.32. The smallest absolute Gasteiger partial charge is 0.241 e. The monoisotopic (exact) mass is 399 g/mol. The fraction of sp³-hybridized carbons (Fsp3) is 0.471. The normalized spacial score (nSPS) is 11.4. The zero-order valence-corrected chi connectivity index (χ0v) is 16.3. The highest BCUT2D eigenvalue weighted by molar-refractivity contribution is 7.91. The minimum Gasteiger partial charge on any atom is -0.494 e. The lowest BCUT2D eigenvalue weighted by Gasteiger charge is -2.17. The number of hydrogen-bond donors (Lipinski definition) is 0. The van der Waals surface area contributed by atoms with Crippen molar-refractivity contribution in [3.05, 3.63) is 41.3 Å². The fourth-order valence-electron chi connectivity index (χ4n) is 2.38. The van der Waals surface area contributed by atoms with E-state index in [1.165, 1.54) is 31.2 Å². The predicted molar refractivity (Wildman–Crippen MR) is 95.2 cm³/mol. The number of methoxy groups -OCH3 is 1. The topological polar surface area (TPSA) is 103 Å². The summed E-state index contributed by atoms with van der Waals surface area (Å²) in [5, 5.41) is 3.69. The second-order valence-electron chi connectivity index (χ2n) is 6.11. The Labute approximate surface area is 157 Å². The molecule has 1 amide bonds. The molecule has 0 aliphatic rings. The maximum atomic E-state index is 13.7. The molecule has 0 radical (unpaired) electrons. The zero-order valence-electron chi connectivity index (χ0n) is 15.4. The minimum absolute atomic E-state index is 0.0360. The molecule has 2 aromatic rings. The van der Waals surface area contributed by atoms with Gasteiger partial charge in [-0.05, 0) is 24.1 Å². The van der Waals surface area contributed by atoms with Gasteiger partial charge in [0, 0.05) is 20.0 Å². The molecular formula is C17H22FN3O5S. The summed E-state index contributed by atoms with van der Waals surface area (Å²) in [7, 11) is -0.968. The summed E-state index contributed by atoms with van der Waals surface area (Å²) < 4.78 is 47.9. The number of rotatable bonds is 9. The second kappa shape index (κ2) is 8.94. The summed E-state index contributed by atoms with van der Waals surface area (Å²) in [6, 6.07) is 4.29. The van der Waals surface area contributed by atoms with E-state index in [2.05, 4.69) is 10.1 Å². The first-order chi connectivity index (χ1) is 12.7. The van der Waals surface area contributed by atoms with E-state index < -0.39 is 33.1 Å². The van der Waals surface area contributed by atoms with Gasteiger partial charge in [-0.2, -0.15) is 4.98 Å². The first kappa shape index (κ1) is 20.8. The number of aryl methyl sites for hydroxylation is 1. The average molecular weight is 399 g/mol. The van der Waals surface area contributed by atoms with Gasteiger partial charge in [0.1, 0.15) is 11.5 Å². The van der Waals surface area contributed by atoms with E-state index in [4.69, 9.17) is 9.26 Å². The highest BCUT2D eigenvalue weighted by Gasteiger charge is 2.23. The van der Waals surface area contributed by atoms with Crippen LogP contribution in [0.4, 0.5) is 4.39 Å². The molecule has 0 saturated heterocycles. The number of sulfone groups is 1. The Bertz CT molecular complexity index is 898. The molecule has 0 aliphatic heterocycles. The Morgan fingerprint density at radius 2 is 2.11 bits per heavy atom. The molecule has 1 heterocycles. The van der Waals surface area contributed by atoms with E-state index in [9.17, 15) is 17.6 Å². The summed E-state index contributed by atoms with van der Waals surface area (Å²) in [6.45, 7) is 2.01. The Hall–Kier alpha value is -2.49. The molecule has 2 rings (SSSR count). The van der Waals surface area contributed by atoms with Gasteiger partial charge in [-0.3, -0.25) is 4.79 Å². The number of carbonyl (C=O) groups is 1. The molecule has 0 spiro atoms. The van der Waals surface area contributed by atoms with Gasteiger partial charge < -0.3 is 14.2 Å². The van der Waals surface area contributed by atoms with E-state index >= 15 is 0 Å². The van der Waals surface area contributed by atoms with Crippen LogP contribution in [0.25, 0.3) is 0 Å². The molecule has 0 unspecified atom stereocenters. The number of benzene rings is 1. The van der Waals surface area contributed by atoms with Gasteiger partial charge in [0.15, 0.2) is 27.2 Å². The van der Waals surface area contributed by atoms with Crippen molar-refractivity contribution in [1.82, 2.24) is 15.0 Å². The first-order valence-corrected chi connectivity index (χ1v) is 10.1. The number of aromatic nitrogens is 2. The standard InChI is InChI=1S/C17H22FN3O5S/c1-4-5-15-19-16(26-20-15)10-27(23,24)11-17(22)21(2)9-12-6-7-14(25-3)13(18)8-12/h6-8H,4-5,9-11H2,1-3H3. The van der Waals surface area contributed by atoms with Gasteiger partial charge in [-0.1, -0.05) is 18.1 Å². The van der Waals surface area contributed by atoms with E-state index in [1.807, 2.05) is 6.92 Å². The molecule has 0 N–H and O–H groups in total. The number of nitrogens with zero attached hydrogens (tertiary/aromatic N) is 3. The molecule has 0 aliphatic carbocycles. The van der Waals surface area contributed by atoms with Crippen LogP contribution in [0.5, 0.6) is 5.75 Å². The van der Waals surface area contributed by atoms with Gasteiger partial charge in [-0.15, -0.1) is 0 Å². The molecule has 1 aromatic heterocycles. The molecule has 0 atom stereocenters. The van der Waals surface area contributed by atoms with Crippen molar-refractivity contribution in [1.29, 1.82) is 0 Å². The van der Waals surface area contributed by atoms with E-state index in [0.29, 0.717) is 17.8 Å². The highest BCUT2D eigenvalue weighted by Crippen LogP contribution is 2.18. The third-order valence-electron chi connectivity index (χ3n) is 3.73. The molecule has 0 fully saturated rings. The van der Waals surface area contributed by atoms with Crippen molar-refractivity contribution in [2.24, 2.45) is 0 Å². The van der Waals surface area contributed by atoms with E-state index in [-0.39, 0.29) is 18.2 Å². The molecule has 0 saturated carbocycles. The van der Waals surface area contributed by atoms with Crippen LogP contribution < -0.4 is 4.74 Å². The van der Waals surface area contributed by atoms with Crippen molar-refractivity contribution in [3.8, 4) is 5.75 Å². The average Bonchev–Trinajstić information content (AvgIpc) is 3.01. The maximum absolute atomic E-state index is 13.7. The van der Waals surface area contributed by atoms with Crippen molar-refractivity contribution < 1.29 is 26.9 Å². The molecule has 10 heteroatoms. The third-order valence-corrected chi connectivity index (χ3v) is 5.11.